The molecule has 5 heteroatoms. The van der Waals surface area contributed by atoms with E-state index in [9.17, 15) is 4.79 Å². The van der Waals surface area contributed by atoms with Crippen molar-refractivity contribution in [2.75, 3.05) is 7.11 Å². The highest BCUT2D eigenvalue weighted by Gasteiger charge is 2.30. The van der Waals surface area contributed by atoms with Crippen LogP contribution < -0.4 is 14.2 Å². The zero-order valence-electron chi connectivity index (χ0n) is 18.2. The number of fused-ring (bicyclic) bond motifs is 2. The summed E-state index contributed by atoms with van der Waals surface area (Å²) in [7, 11) is 3.62. The highest BCUT2D eigenvalue weighted by atomic mass is 16.5. The zero-order chi connectivity index (χ0) is 22.2. The first-order valence-corrected chi connectivity index (χ1v) is 10.4. The third-order valence-corrected chi connectivity index (χ3v) is 5.71. The molecule has 5 rings (SSSR count). The van der Waals surface area contributed by atoms with Gasteiger partial charge in [-0.15, -0.1) is 0 Å². The molecule has 0 saturated heterocycles. The van der Waals surface area contributed by atoms with Crippen LogP contribution >= 0.6 is 0 Å². The van der Waals surface area contributed by atoms with Crippen molar-refractivity contribution in [1.29, 1.82) is 0 Å². The van der Waals surface area contributed by atoms with Gasteiger partial charge in [0.05, 0.1) is 12.7 Å². The Hall–Kier alpha value is -3.99. The van der Waals surface area contributed by atoms with Gasteiger partial charge in [-0.3, -0.25) is 4.79 Å². The highest BCUT2D eigenvalue weighted by Crippen LogP contribution is 2.38. The van der Waals surface area contributed by atoms with Crippen LogP contribution in [-0.4, -0.2) is 17.5 Å². The summed E-state index contributed by atoms with van der Waals surface area (Å²) in [4.78, 5) is 13.1. The highest BCUT2D eigenvalue weighted by molar-refractivity contribution is 6.16. The predicted molar refractivity (Wildman–Crippen MR) is 124 cm³/mol. The molecule has 1 aliphatic heterocycles. The monoisotopic (exact) mass is 425 g/mol. The number of ether oxygens (including phenoxy) is 3. The number of nitrogens with zero attached hydrogens (tertiary/aromatic N) is 1. The molecule has 0 saturated carbocycles. The van der Waals surface area contributed by atoms with Gasteiger partial charge >= 0.3 is 0 Å². The lowest BCUT2D eigenvalue weighted by Gasteiger charge is -2.09. The minimum Gasteiger partial charge on any atom is -0.497 e. The van der Waals surface area contributed by atoms with Crippen LogP contribution in [0.15, 0.2) is 72.6 Å². The molecule has 0 fully saturated rings. The first kappa shape index (κ1) is 19.9. The molecule has 0 unspecified atom stereocenters. The fraction of sp³-hybridized carbons (Fsp3) is 0.148. The van der Waals surface area contributed by atoms with Gasteiger partial charge in [0.25, 0.3) is 0 Å². The molecule has 1 aromatic heterocycles. The summed E-state index contributed by atoms with van der Waals surface area (Å²) in [5.74, 6) is 2.16. The minimum absolute atomic E-state index is 0.119. The quantitative estimate of drug-likeness (QED) is 0.386. The van der Waals surface area contributed by atoms with E-state index >= 15 is 0 Å². The molecule has 160 valence electrons. The third-order valence-electron chi connectivity index (χ3n) is 5.71. The Kier molecular flexibility index (Phi) is 4.94. The number of aryl methyl sites for hydroxylation is 2. The summed E-state index contributed by atoms with van der Waals surface area (Å²) in [6.07, 6.45) is 3.78. The number of aromatic nitrogens is 1. The molecule has 0 atom stereocenters. The van der Waals surface area contributed by atoms with Crippen LogP contribution in [0, 0.1) is 6.92 Å². The van der Waals surface area contributed by atoms with Gasteiger partial charge in [-0.1, -0.05) is 30.3 Å². The Labute approximate surface area is 186 Å². The van der Waals surface area contributed by atoms with Crippen molar-refractivity contribution in [3.8, 4) is 17.2 Å². The van der Waals surface area contributed by atoms with E-state index in [2.05, 4.69) is 0 Å². The molecule has 3 aromatic carbocycles. The minimum atomic E-state index is -0.119. The van der Waals surface area contributed by atoms with Gasteiger partial charge in [0.1, 0.15) is 23.9 Å². The van der Waals surface area contributed by atoms with Crippen molar-refractivity contribution in [3.63, 3.8) is 0 Å². The van der Waals surface area contributed by atoms with Crippen LogP contribution in [0.1, 0.15) is 27.0 Å². The van der Waals surface area contributed by atoms with Gasteiger partial charge in [-0.25, -0.2) is 0 Å². The number of hydrogen-bond acceptors (Lipinski definition) is 4. The number of methoxy groups -OCH3 is 1. The molecule has 0 radical (unpaired) electrons. The van der Waals surface area contributed by atoms with Crippen LogP contribution in [0.4, 0.5) is 0 Å². The Balaban J connectivity index is 1.46. The second-order valence-corrected chi connectivity index (χ2v) is 7.91. The Bertz CT molecular complexity index is 1370. The van der Waals surface area contributed by atoms with Gasteiger partial charge in [-0.2, -0.15) is 0 Å². The largest absolute Gasteiger partial charge is 0.497 e. The maximum absolute atomic E-state index is 13.1. The summed E-state index contributed by atoms with van der Waals surface area (Å²) in [5, 5.41) is 0.996. The maximum atomic E-state index is 13.1. The van der Waals surface area contributed by atoms with Gasteiger partial charge in [0.2, 0.25) is 5.78 Å². The molecule has 0 bridgehead atoms. The Morgan fingerprint density at radius 1 is 1.03 bits per heavy atom. The van der Waals surface area contributed by atoms with Gasteiger partial charge in [0, 0.05) is 35.8 Å². The van der Waals surface area contributed by atoms with Crippen molar-refractivity contribution in [1.82, 2.24) is 4.57 Å². The van der Waals surface area contributed by atoms with Crippen LogP contribution in [-0.2, 0) is 13.7 Å². The summed E-state index contributed by atoms with van der Waals surface area (Å²) >= 11 is 0. The average molecular weight is 425 g/mol. The molecule has 2 heterocycles. The number of carbonyl (C=O) groups excluding carboxylic acids is 1. The van der Waals surface area contributed by atoms with Gasteiger partial charge < -0.3 is 18.8 Å². The lowest BCUT2D eigenvalue weighted by atomic mass is 10.0. The molecule has 1 aliphatic rings. The smallest absolute Gasteiger partial charge is 0.232 e. The number of benzene rings is 3. The topological polar surface area (TPSA) is 49.7 Å². The summed E-state index contributed by atoms with van der Waals surface area (Å²) in [5.41, 5.74) is 4.44. The number of ketones is 1. The van der Waals surface area contributed by atoms with Crippen molar-refractivity contribution in [2.24, 2.45) is 7.05 Å². The van der Waals surface area contributed by atoms with E-state index in [1.54, 1.807) is 19.3 Å². The van der Waals surface area contributed by atoms with Crippen LogP contribution in [0.3, 0.4) is 0 Å². The van der Waals surface area contributed by atoms with Crippen molar-refractivity contribution >= 4 is 22.8 Å². The van der Waals surface area contributed by atoms with E-state index in [1.165, 1.54) is 0 Å². The van der Waals surface area contributed by atoms with E-state index in [4.69, 9.17) is 14.2 Å². The molecule has 0 N–H and O–H groups in total. The lowest BCUT2D eigenvalue weighted by Crippen LogP contribution is -2.00. The van der Waals surface area contributed by atoms with E-state index in [0.29, 0.717) is 29.4 Å². The number of hydrogen-bond donors (Lipinski definition) is 0. The number of carbonyl (C=O) groups is 1. The van der Waals surface area contributed by atoms with Gasteiger partial charge in [-0.05, 0) is 48.4 Å². The summed E-state index contributed by atoms with van der Waals surface area (Å²) in [6, 6.07) is 19.5. The van der Waals surface area contributed by atoms with E-state index in [1.807, 2.05) is 79.3 Å². The molecular weight excluding hydrogens is 402 g/mol. The normalized spacial score (nSPS) is 14.0. The third kappa shape index (κ3) is 3.52. The number of rotatable bonds is 5. The van der Waals surface area contributed by atoms with Crippen molar-refractivity contribution < 1.29 is 19.0 Å². The van der Waals surface area contributed by atoms with Crippen LogP contribution in [0.25, 0.3) is 17.0 Å². The molecule has 4 aromatic rings. The molecule has 0 spiro atoms. The summed E-state index contributed by atoms with van der Waals surface area (Å²) < 4.78 is 19.3. The van der Waals surface area contributed by atoms with E-state index < -0.39 is 0 Å². The van der Waals surface area contributed by atoms with Crippen molar-refractivity contribution in [3.05, 3.63) is 94.9 Å². The van der Waals surface area contributed by atoms with E-state index in [-0.39, 0.29) is 5.78 Å². The second-order valence-electron chi connectivity index (χ2n) is 7.91. The zero-order valence-corrected chi connectivity index (χ0v) is 18.2. The fourth-order valence-electron chi connectivity index (χ4n) is 4.09. The fourth-order valence-corrected chi connectivity index (χ4v) is 4.09. The number of allylic oxidation sites excluding steroid dienone is 1. The second kappa shape index (κ2) is 7.93. The molecule has 32 heavy (non-hydrogen) atoms. The Morgan fingerprint density at radius 3 is 2.62 bits per heavy atom. The molecule has 5 nitrogen and oxygen atoms in total. The Morgan fingerprint density at radius 2 is 1.84 bits per heavy atom. The molecule has 0 aliphatic carbocycles. The first-order chi connectivity index (χ1) is 15.5. The van der Waals surface area contributed by atoms with Crippen LogP contribution in [0.5, 0.6) is 17.2 Å². The SMILES string of the molecule is COc1ccc2c(c1)c(/C=C1\Oc3cc(OCc4ccccc4)cc(C)c3C1=O)cn2C. The maximum Gasteiger partial charge on any atom is 0.232 e. The predicted octanol–water partition coefficient (Wildman–Crippen LogP) is 5.69. The van der Waals surface area contributed by atoms with Crippen molar-refractivity contribution in [2.45, 2.75) is 13.5 Å². The van der Waals surface area contributed by atoms with Gasteiger partial charge in [0.15, 0.2) is 5.76 Å². The van der Waals surface area contributed by atoms with Crippen LogP contribution in [0.2, 0.25) is 0 Å². The summed E-state index contributed by atoms with van der Waals surface area (Å²) in [6.45, 7) is 2.36. The lowest BCUT2D eigenvalue weighted by molar-refractivity contribution is 0.101. The van der Waals surface area contributed by atoms with E-state index in [0.717, 1.165) is 33.3 Å². The molecule has 0 amide bonds. The standard InChI is InChI=1S/C27H23NO4/c1-17-11-21(31-16-18-7-5-4-6-8-18)14-24-26(17)27(29)25(32-24)12-19-15-28(2)23-10-9-20(30-3)13-22(19)23/h4-15H,16H2,1-3H3/b25-12-. The average Bonchev–Trinajstić information content (AvgIpc) is 3.29. The molecular formula is C27H23NO4. The number of Topliss-reactive ketones (excluding diaryl/α,β-unsaturated/α-hetero) is 1. The first-order valence-electron chi connectivity index (χ1n) is 10.4.